The first-order chi connectivity index (χ1) is 35.1. The summed E-state index contributed by atoms with van der Waals surface area (Å²) in [4.78, 5) is 51.6. The molecule has 2 unspecified atom stereocenters. The van der Waals surface area contributed by atoms with Gasteiger partial charge in [0, 0.05) is 38.8 Å². The highest BCUT2D eigenvalue weighted by Gasteiger charge is 2.65. The van der Waals surface area contributed by atoms with Crippen LogP contribution in [0.2, 0.25) is 0 Å². The minimum Gasteiger partial charge on any atom is -0.462 e. The maximum absolute atomic E-state index is 13.3. The molecule has 8 aliphatic rings. The highest BCUT2D eigenvalue weighted by Crippen LogP contribution is 2.70. The molecule has 0 aromatic heterocycles. The molecule has 16 nitrogen and oxygen atoms in total. The maximum atomic E-state index is 13.3. The average Bonchev–Trinajstić information content (AvgIpc) is 3.87. The minimum atomic E-state index is -4.13. The van der Waals surface area contributed by atoms with Gasteiger partial charge >= 0.3 is 11.9 Å². The van der Waals surface area contributed by atoms with Gasteiger partial charge in [-0.25, -0.2) is 0 Å². The number of amides is 2. The van der Waals surface area contributed by atoms with Crippen molar-refractivity contribution < 1.29 is 64.8 Å². The molecule has 8 saturated carbocycles. The summed E-state index contributed by atoms with van der Waals surface area (Å²) in [7, 11) is -8.26. The third kappa shape index (κ3) is 12.7. The van der Waals surface area contributed by atoms with Crippen LogP contribution in [-0.2, 0) is 48.9 Å². The van der Waals surface area contributed by atoms with Gasteiger partial charge in [-0.1, -0.05) is 41.5 Å². The summed E-state index contributed by atoms with van der Waals surface area (Å²) in [6.45, 7) is 13.9. The molecule has 18 heteroatoms. The maximum Gasteiger partial charge on any atom is 0.306 e. The zero-order chi connectivity index (χ0) is 54.5. The lowest BCUT2D eigenvalue weighted by molar-refractivity contribution is -0.183. The first-order valence-corrected chi connectivity index (χ1v) is 32.6. The Morgan fingerprint density at radius 1 is 0.520 bits per heavy atom. The van der Waals surface area contributed by atoms with E-state index >= 15 is 0 Å². The van der Waals surface area contributed by atoms with Crippen molar-refractivity contribution in [2.24, 2.45) is 92.7 Å². The Balaban J connectivity index is 0.748. The highest BCUT2D eigenvalue weighted by atomic mass is 32.2. The molecule has 0 bridgehead atoms. The van der Waals surface area contributed by atoms with Crippen molar-refractivity contribution >= 4 is 44.0 Å². The Kier molecular flexibility index (Phi) is 18.0. The lowest BCUT2D eigenvalue weighted by Gasteiger charge is -2.62. The zero-order valence-electron chi connectivity index (χ0n) is 46.0. The molecule has 0 saturated heterocycles. The van der Waals surface area contributed by atoms with E-state index in [0.29, 0.717) is 92.3 Å². The first kappa shape index (κ1) is 58.8. The second-order valence-corrected chi connectivity index (χ2v) is 30.1. The van der Waals surface area contributed by atoms with Crippen molar-refractivity contribution in [3.8, 4) is 0 Å². The number of esters is 2. The second kappa shape index (κ2) is 23.0. The smallest absolute Gasteiger partial charge is 0.306 e. The predicted molar refractivity (Wildman–Crippen MR) is 282 cm³/mol. The van der Waals surface area contributed by atoms with Gasteiger partial charge in [0.15, 0.2) is 0 Å². The van der Waals surface area contributed by atoms with Crippen molar-refractivity contribution in [2.45, 2.75) is 214 Å². The Labute approximate surface area is 448 Å². The van der Waals surface area contributed by atoms with Crippen LogP contribution in [0.4, 0.5) is 0 Å². The Bertz CT molecular complexity index is 2140. The molecule has 8 rings (SSSR count). The monoisotopic (exact) mass is 1090 g/mol. The van der Waals surface area contributed by atoms with E-state index in [1.807, 2.05) is 0 Å². The van der Waals surface area contributed by atoms with Gasteiger partial charge in [-0.3, -0.25) is 28.3 Å². The normalized spacial score (nSPS) is 42.0. The molecule has 0 heterocycles. The quantitative estimate of drug-likeness (QED) is 0.0498. The molecular weight excluding hydrogens is 1000 g/mol. The number of rotatable bonds is 20. The number of ether oxygens (including phenoxy) is 2. The molecule has 0 spiro atoms. The van der Waals surface area contributed by atoms with Gasteiger partial charge in [-0.2, -0.15) is 16.8 Å². The van der Waals surface area contributed by atoms with Crippen LogP contribution in [0.25, 0.3) is 0 Å². The van der Waals surface area contributed by atoms with E-state index in [4.69, 9.17) is 18.6 Å². The SMILES string of the molecule is C[C@H](CCC(=O)NCCS(=O)(=O)O)[C@H]1CC[C@H]2[C@@H]3[C@@H](O)CC4C[C@H](OC(=O)CCCC(=O)O[C@H]5CC[C@]6(C)C(C5)C[C@@H](O)[C@@H]5[C@H]7CC[C@@H]([C@@H](C)CCC(=O)NCCS(=O)(=O)O)[C@]7(C)CC[C@H]56)CC[C@]4(C)[C@H]3CC[C@]12C. The predicted octanol–water partition coefficient (Wildman–Crippen LogP) is 8.08. The van der Waals surface area contributed by atoms with Gasteiger partial charge in [0.2, 0.25) is 11.8 Å². The van der Waals surface area contributed by atoms with E-state index in [1.54, 1.807) is 0 Å². The van der Waals surface area contributed by atoms with Crippen molar-refractivity contribution in [3.63, 3.8) is 0 Å². The van der Waals surface area contributed by atoms with Crippen LogP contribution in [0, 0.1) is 92.7 Å². The number of fused-ring (bicyclic) bond motifs is 10. The van der Waals surface area contributed by atoms with Crippen molar-refractivity contribution in [2.75, 3.05) is 24.6 Å². The number of nitrogens with one attached hydrogen (secondary N) is 2. The number of carbonyl (C=O) groups excluding carboxylic acids is 4. The summed E-state index contributed by atoms with van der Waals surface area (Å²) in [5.41, 5.74) is 0.247. The largest absolute Gasteiger partial charge is 0.462 e. The fourth-order valence-electron chi connectivity index (χ4n) is 19.3. The van der Waals surface area contributed by atoms with Crippen LogP contribution in [0.3, 0.4) is 0 Å². The molecule has 20 atom stereocenters. The minimum absolute atomic E-state index is 0.0529. The number of hydrogen-bond acceptors (Lipinski definition) is 12. The average molecular weight is 1100 g/mol. The third-order valence-corrected chi connectivity index (χ3v) is 24.6. The van der Waals surface area contributed by atoms with Crippen LogP contribution in [0.1, 0.15) is 189 Å². The second-order valence-electron chi connectivity index (χ2n) is 27.0. The van der Waals surface area contributed by atoms with E-state index < -0.39 is 43.9 Å². The van der Waals surface area contributed by atoms with Crippen LogP contribution >= 0.6 is 0 Å². The molecule has 6 N–H and O–H groups in total. The first-order valence-electron chi connectivity index (χ1n) is 29.3. The molecule has 8 fully saturated rings. The lowest BCUT2D eigenvalue weighted by atomic mass is 9.43. The van der Waals surface area contributed by atoms with E-state index in [9.17, 15) is 46.2 Å². The molecule has 0 aromatic carbocycles. The highest BCUT2D eigenvalue weighted by molar-refractivity contribution is 7.86. The molecule has 0 aromatic rings. The van der Waals surface area contributed by atoms with Crippen LogP contribution < -0.4 is 10.6 Å². The third-order valence-electron chi connectivity index (χ3n) is 23.2. The van der Waals surface area contributed by atoms with Crippen molar-refractivity contribution in [1.29, 1.82) is 0 Å². The van der Waals surface area contributed by atoms with Gasteiger partial charge in [-0.05, 0) is 215 Å². The van der Waals surface area contributed by atoms with Crippen LogP contribution in [0.15, 0.2) is 0 Å². The van der Waals surface area contributed by atoms with Crippen LogP contribution in [0.5, 0.6) is 0 Å². The molecule has 0 aliphatic heterocycles. The molecule has 2 amide bonds. The molecule has 75 heavy (non-hydrogen) atoms. The van der Waals surface area contributed by atoms with Crippen LogP contribution in [-0.4, -0.2) is 109 Å². The lowest BCUT2D eigenvalue weighted by Crippen LogP contribution is -2.58. The number of aliphatic hydroxyl groups excluding tert-OH is 2. The van der Waals surface area contributed by atoms with E-state index in [1.165, 1.54) is 0 Å². The van der Waals surface area contributed by atoms with E-state index in [0.717, 1.165) is 89.9 Å². The van der Waals surface area contributed by atoms with E-state index in [-0.39, 0.29) is 107 Å². The fraction of sp³-hybridized carbons (Fsp3) is 0.930. The topological polar surface area (TPSA) is 260 Å². The molecular formula is C57H94N2O14S2. The number of aliphatic hydroxyl groups is 2. The number of hydrogen-bond donors (Lipinski definition) is 6. The van der Waals surface area contributed by atoms with Crippen molar-refractivity contribution in [3.05, 3.63) is 0 Å². The van der Waals surface area contributed by atoms with Gasteiger partial charge in [0.05, 0.1) is 23.7 Å². The standard InChI is InChI=1S/C57H94N2O14S2/c1-34(10-16-48(62)58-26-28-74(66,67)68)40-12-14-42-52-44(20-24-56(40,42)5)54(3)22-18-38(30-36(54)32-46(52)60)72-50(64)8-7-9-51(65)73-39-19-23-55(4)37(31-39)33-47(61)53-43-15-13-41(57(43,6)25-21-45(53)55)35(2)11-17-49(63)59-27-29-75(69,70)71/h34-47,52-53,60-61H,7-33H2,1-6H3,(H,58,62)(H,59,63)(H,66,67,68)(H,69,70,71)/t34-,35+,36?,37?,38-,39+,40-,41+,42+,43-,44+,45-,46+,47-,52+,53-,54+,55-,56-,57+. The van der Waals surface area contributed by atoms with Gasteiger partial charge < -0.3 is 30.3 Å². The summed E-state index contributed by atoms with van der Waals surface area (Å²) in [5.74, 6) is 2.02. The van der Waals surface area contributed by atoms with Crippen molar-refractivity contribution in [1.82, 2.24) is 10.6 Å². The number of carbonyl (C=O) groups is 4. The van der Waals surface area contributed by atoms with Gasteiger partial charge in [0.25, 0.3) is 20.2 Å². The zero-order valence-corrected chi connectivity index (χ0v) is 47.7. The Morgan fingerprint density at radius 2 is 0.880 bits per heavy atom. The summed E-state index contributed by atoms with van der Waals surface area (Å²) in [5, 5.41) is 29.1. The Hall–Kier alpha value is -2.38. The summed E-state index contributed by atoms with van der Waals surface area (Å²) in [6.07, 6.45) is 16.3. The van der Waals surface area contributed by atoms with Gasteiger partial charge in [0.1, 0.15) is 12.2 Å². The molecule has 0 radical (unpaired) electrons. The fourth-order valence-corrected chi connectivity index (χ4v) is 20.1. The summed E-state index contributed by atoms with van der Waals surface area (Å²) in [6, 6.07) is 0. The summed E-state index contributed by atoms with van der Waals surface area (Å²) < 4.78 is 74.4. The Morgan fingerprint density at radius 3 is 1.25 bits per heavy atom. The molecule has 8 aliphatic carbocycles. The summed E-state index contributed by atoms with van der Waals surface area (Å²) >= 11 is 0. The van der Waals surface area contributed by atoms with E-state index in [2.05, 4.69) is 52.2 Å². The molecule has 428 valence electrons. The van der Waals surface area contributed by atoms with Gasteiger partial charge in [-0.15, -0.1) is 0 Å².